The molecule has 1 fully saturated rings. The highest BCUT2D eigenvalue weighted by atomic mass is 16.5. The normalized spacial score (nSPS) is 17.3. The van der Waals surface area contributed by atoms with Gasteiger partial charge in [0, 0.05) is 24.8 Å². The van der Waals surface area contributed by atoms with E-state index in [-0.39, 0.29) is 18.2 Å². The third-order valence-corrected chi connectivity index (χ3v) is 3.84. The van der Waals surface area contributed by atoms with Crippen LogP contribution in [0.1, 0.15) is 18.4 Å². The third kappa shape index (κ3) is 4.51. The van der Waals surface area contributed by atoms with E-state index in [1.807, 2.05) is 19.1 Å². The summed E-state index contributed by atoms with van der Waals surface area (Å²) in [6.45, 7) is 3.03. The van der Waals surface area contributed by atoms with Crippen molar-refractivity contribution in [1.82, 2.24) is 10.2 Å². The maximum absolute atomic E-state index is 12.1. The highest BCUT2D eigenvalue weighted by Gasteiger charge is 2.25. The van der Waals surface area contributed by atoms with Gasteiger partial charge in [0.15, 0.2) is 0 Å². The van der Waals surface area contributed by atoms with Crippen LogP contribution in [0.3, 0.4) is 0 Å². The predicted octanol–water partition coefficient (Wildman–Crippen LogP) is 2.36. The van der Waals surface area contributed by atoms with Gasteiger partial charge < -0.3 is 25.0 Å². The van der Waals surface area contributed by atoms with Gasteiger partial charge in [-0.05, 0) is 43.5 Å². The number of nitrogens with zero attached hydrogens (tertiary/aromatic N) is 1. The molecular weight excluding hydrogens is 298 g/mol. The number of hydrogen-bond donors (Lipinski definition) is 2. The SMILES string of the molecule is COC(=O)N1CCC[C@@H](NC(=O)Nc2ccc(OC)c(C)c2)C1. The summed E-state index contributed by atoms with van der Waals surface area (Å²) in [6.07, 6.45) is 1.31. The molecule has 1 aliphatic rings. The van der Waals surface area contributed by atoms with Crippen LogP contribution in [0.15, 0.2) is 18.2 Å². The molecule has 3 amide bonds. The second-order valence-electron chi connectivity index (χ2n) is 5.54. The van der Waals surface area contributed by atoms with E-state index in [0.29, 0.717) is 18.8 Å². The molecule has 0 aliphatic carbocycles. The Labute approximate surface area is 135 Å². The van der Waals surface area contributed by atoms with Gasteiger partial charge in [-0.3, -0.25) is 0 Å². The van der Waals surface area contributed by atoms with Crippen LogP contribution in [-0.4, -0.2) is 50.4 Å². The van der Waals surface area contributed by atoms with E-state index in [9.17, 15) is 9.59 Å². The minimum absolute atomic E-state index is 0.0813. The molecule has 23 heavy (non-hydrogen) atoms. The van der Waals surface area contributed by atoms with Gasteiger partial charge in [0.05, 0.1) is 14.2 Å². The van der Waals surface area contributed by atoms with E-state index < -0.39 is 0 Å². The van der Waals surface area contributed by atoms with Gasteiger partial charge in [-0.1, -0.05) is 0 Å². The van der Waals surface area contributed by atoms with Gasteiger partial charge >= 0.3 is 12.1 Å². The summed E-state index contributed by atoms with van der Waals surface area (Å²) in [7, 11) is 2.97. The molecule has 0 saturated carbocycles. The van der Waals surface area contributed by atoms with Gasteiger partial charge in [0.25, 0.3) is 0 Å². The van der Waals surface area contributed by atoms with E-state index in [2.05, 4.69) is 10.6 Å². The number of hydrogen-bond acceptors (Lipinski definition) is 4. The molecule has 1 aromatic carbocycles. The van der Waals surface area contributed by atoms with Crippen LogP contribution in [0.25, 0.3) is 0 Å². The van der Waals surface area contributed by atoms with Crippen LogP contribution >= 0.6 is 0 Å². The number of rotatable bonds is 3. The van der Waals surface area contributed by atoms with Crippen molar-refractivity contribution in [2.45, 2.75) is 25.8 Å². The Bertz CT molecular complexity index is 576. The minimum atomic E-state index is -0.359. The van der Waals surface area contributed by atoms with Crippen molar-refractivity contribution in [3.8, 4) is 5.75 Å². The molecule has 0 unspecified atom stereocenters. The molecule has 1 aliphatic heterocycles. The van der Waals surface area contributed by atoms with Crippen molar-refractivity contribution in [3.63, 3.8) is 0 Å². The average Bonchev–Trinajstić information content (AvgIpc) is 2.54. The first kappa shape index (κ1) is 16.9. The van der Waals surface area contributed by atoms with E-state index in [1.165, 1.54) is 7.11 Å². The first-order chi connectivity index (χ1) is 11.0. The number of piperidine rings is 1. The smallest absolute Gasteiger partial charge is 0.409 e. The average molecular weight is 321 g/mol. The Balaban J connectivity index is 1.89. The van der Waals surface area contributed by atoms with Gasteiger partial charge in [-0.15, -0.1) is 0 Å². The number of carbonyl (C=O) groups is 2. The summed E-state index contributed by atoms with van der Waals surface area (Å²) in [5.41, 5.74) is 1.64. The number of benzene rings is 1. The summed E-state index contributed by atoms with van der Waals surface area (Å²) in [6, 6.07) is 5.07. The molecule has 2 N–H and O–H groups in total. The molecule has 7 heteroatoms. The number of aryl methyl sites for hydroxylation is 1. The monoisotopic (exact) mass is 321 g/mol. The predicted molar refractivity (Wildman–Crippen MR) is 86.9 cm³/mol. The molecule has 0 bridgehead atoms. The summed E-state index contributed by atoms with van der Waals surface area (Å²) < 4.78 is 9.91. The minimum Gasteiger partial charge on any atom is -0.496 e. The Morgan fingerprint density at radius 2 is 2.09 bits per heavy atom. The number of ether oxygens (including phenoxy) is 2. The number of urea groups is 1. The Hall–Kier alpha value is -2.44. The van der Waals surface area contributed by atoms with Crippen LogP contribution < -0.4 is 15.4 Å². The third-order valence-electron chi connectivity index (χ3n) is 3.84. The largest absolute Gasteiger partial charge is 0.496 e. The summed E-state index contributed by atoms with van der Waals surface area (Å²) in [5.74, 6) is 0.775. The number of likely N-dealkylation sites (tertiary alicyclic amines) is 1. The Kier molecular flexibility index (Phi) is 5.67. The van der Waals surface area contributed by atoms with Crippen LogP contribution in [0.2, 0.25) is 0 Å². The van der Waals surface area contributed by atoms with Crippen LogP contribution in [0, 0.1) is 6.92 Å². The Morgan fingerprint density at radius 1 is 1.30 bits per heavy atom. The topological polar surface area (TPSA) is 79.9 Å². The van der Waals surface area contributed by atoms with Crippen molar-refractivity contribution in [2.24, 2.45) is 0 Å². The molecule has 0 spiro atoms. The fraction of sp³-hybridized carbons (Fsp3) is 0.500. The van der Waals surface area contributed by atoms with Gasteiger partial charge in [-0.2, -0.15) is 0 Å². The summed E-state index contributed by atoms with van der Waals surface area (Å²) in [4.78, 5) is 25.3. The first-order valence-corrected chi connectivity index (χ1v) is 7.58. The standard InChI is InChI=1S/C16H23N3O4/c1-11-9-12(6-7-14(11)22-2)17-15(20)18-13-5-4-8-19(10-13)16(21)23-3/h6-7,9,13H,4-5,8,10H2,1-3H3,(H2,17,18,20)/t13-/m1/s1. The molecule has 0 radical (unpaired) electrons. The number of nitrogens with one attached hydrogen (secondary N) is 2. The second kappa shape index (κ2) is 7.71. The van der Waals surface area contributed by atoms with Crippen molar-refractivity contribution in [3.05, 3.63) is 23.8 Å². The molecule has 126 valence electrons. The van der Waals surface area contributed by atoms with Gasteiger partial charge in [-0.25, -0.2) is 9.59 Å². The molecule has 7 nitrogen and oxygen atoms in total. The van der Waals surface area contributed by atoms with E-state index >= 15 is 0 Å². The highest BCUT2D eigenvalue weighted by Crippen LogP contribution is 2.21. The van der Waals surface area contributed by atoms with Crippen LogP contribution in [-0.2, 0) is 4.74 Å². The lowest BCUT2D eigenvalue weighted by molar-refractivity contribution is 0.108. The molecule has 1 atom stereocenters. The zero-order chi connectivity index (χ0) is 16.8. The molecule has 0 aromatic heterocycles. The molecular formula is C16H23N3O4. The number of carbonyl (C=O) groups excluding carboxylic acids is 2. The summed E-state index contributed by atoms with van der Waals surface area (Å²) in [5, 5.41) is 5.69. The number of amides is 3. The highest BCUT2D eigenvalue weighted by molar-refractivity contribution is 5.89. The molecule has 2 rings (SSSR count). The molecule has 1 heterocycles. The fourth-order valence-corrected chi connectivity index (χ4v) is 2.70. The van der Waals surface area contributed by atoms with Gasteiger partial charge in [0.1, 0.15) is 5.75 Å². The lowest BCUT2D eigenvalue weighted by atomic mass is 10.1. The maximum atomic E-state index is 12.1. The number of methoxy groups -OCH3 is 2. The van der Waals surface area contributed by atoms with Crippen molar-refractivity contribution in [1.29, 1.82) is 0 Å². The van der Waals surface area contributed by atoms with Crippen molar-refractivity contribution < 1.29 is 19.1 Å². The van der Waals surface area contributed by atoms with Crippen LogP contribution in [0.4, 0.5) is 15.3 Å². The maximum Gasteiger partial charge on any atom is 0.409 e. The second-order valence-corrected chi connectivity index (χ2v) is 5.54. The Morgan fingerprint density at radius 3 is 2.74 bits per heavy atom. The van der Waals surface area contributed by atoms with Crippen molar-refractivity contribution >= 4 is 17.8 Å². The van der Waals surface area contributed by atoms with Crippen LogP contribution in [0.5, 0.6) is 5.75 Å². The fourth-order valence-electron chi connectivity index (χ4n) is 2.70. The van der Waals surface area contributed by atoms with E-state index in [4.69, 9.17) is 9.47 Å². The molecule has 1 aromatic rings. The lowest BCUT2D eigenvalue weighted by Crippen LogP contribution is -2.50. The van der Waals surface area contributed by atoms with E-state index in [1.54, 1.807) is 18.1 Å². The zero-order valence-corrected chi connectivity index (χ0v) is 13.7. The lowest BCUT2D eigenvalue weighted by Gasteiger charge is -2.32. The quantitative estimate of drug-likeness (QED) is 0.895. The summed E-state index contributed by atoms with van der Waals surface area (Å²) >= 11 is 0. The molecule has 1 saturated heterocycles. The van der Waals surface area contributed by atoms with E-state index in [0.717, 1.165) is 24.2 Å². The van der Waals surface area contributed by atoms with Gasteiger partial charge in [0.2, 0.25) is 0 Å². The van der Waals surface area contributed by atoms with Crippen molar-refractivity contribution in [2.75, 3.05) is 32.6 Å². The number of anilines is 1. The zero-order valence-electron chi connectivity index (χ0n) is 13.7. The first-order valence-electron chi connectivity index (χ1n) is 7.58.